The average Bonchev–Trinajstić information content (AvgIpc) is 2.42. The lowest BCUT2D eigenvalue weighted by molar-refractivity contribution is -0.141. The second-order valence-electron chi connectivity index (χ2n) is 5.27. The molecule has 0 aromatic heterocycles. The normalized spacial score (nSPS) is 14.0. The minimum Gasteiger partial charge on any atom is -0.481 e. The minimum atomic E-state index is -0.797. The minimum absolute atomic E-state index is 0.00938. The van der Waals surface area contributed by atoms with Crippen LogP contribution >= 0.6 is 15.9 Å². The van der Waals surface area contributed by atoms with Crippen LogP contribution in [-0.4, -0.2) is 17.1 Å². The Morgan fingerprint density at radius 1 is 1.33 bits per heavy atom. The van der Waals surface area contributed by atoms with Crippen LogP contribution in [-0.2, 0) is 11.3 Å². The van der Waals surface area contributed by atoms with Crippen LogP contribution < -0.4 is 5.32 Å². The largest absolute Gasteiger partial charge is 0.481 e. The Balaban J connectivity index is 2.42. The fourth-order valence-electron chi connectivity index (χ4n) is 1.96. The zero-order valence-corrected chi connectivity index (χ0v) is 13.7. The van der Waals surface area contributed by atoms with Crippen LogP contribution in [0.4, 0.5) is 8.78 Å². The number of carboxylic acids is 1. The molecule has 0 aliphatic rings. The van der Waals surface area contributed by atoms with Crippen molar-refractivity contribution in [3.8, 4) is 0 Å². The Morgan fingerprint density at radius 3 is 2.62 bits per heavy atom. The maximum atomic E-state index is 13.8. The molecule has 0 aliphatic heterocycles. The van der Waals surface area contributed by atoms with Gasteiger partial charge in [-0.1, -0.05) is 13.3 Å². The van der Waals surface area contributed by atoms with E-state index in [9.17, 15) is 13.6 Å². The standard InChI is InChI=1S/C15H20BrF2NO2/c1-9(15(20)21)4-3-5-10(2)19-8-11-13(17)7-6-12(16)14(11)18/h6-7,9-10,19H,3-5,8H2,1-2H3,(H,20,21). The molecular weight excluding hydrogens is 344 g/mol. The highest BCUT2D eigenvalue weighted by Crippen LogP contribution is 2.21. The van der Waals surface area contributed by atoms with Gasteiger partial charge >= 0.3 is 5.97 Å². The molecule has 1 aromatic rings. The fraction of sp³-hybridized carbons (Fsp3) is 0.533. The number of hydrogen-bond acceptors (Lipinski definition) is 2. The molecule has 0 spiro atoms. The summed E-state index contributed by atoms with van der Waals surface area (Å²) in [5, 5.41) is 11.8. The summed E-state index contributed by atoms with van der Waals surface area (Å²) < 4.78 is 27.6. The summed E-state index contributed by atoms with van der Waals surface area (Å²) in [6.45, 7) is 3.69. The van der Waals surface area contributed by atoms with Gasteiger partial charge in [-0.05, 0) is 47.8 Å². The number of nitrogens with one attached hydrogen (secondary N) is 1. The SMILES string of the molecule is CC(CCCC(C)C(=O)O)NCc1c(F)ccc(Br)c1F. The van der Waals surface area contributed by atoms with E-state index in [-0.39, 0.29) is 28.5 Å². The van der Waals surface area contributed by atoms with Crippen LogP contribution in [0.1, 0.15) is 38.7 Å². The number of carboxylic acid groups (broad SMARTS) is 1. The molecule has 0 amide bonds. The lowest BCUT2D eigenvalue weighted by Gasteiger charge is -2.15. The third-order valence-corrected chi connectivity index (χ3v) is 4.07. The molecule has 0 bridgehead atoms. The summed E-state index contributed by atoms with van der Waals surface area (Å²) in [6, 6.07) is 2.62. The van der Waals surface area contributed by atoms with E-state index in [0.29, 0.717) is 6.42 Å². The molecule has 0 saturated carbocycles. The van der Waals surface area contributed by atoms with E-state index >= 15 is 0 Å². The Morgan fingerprint density at radius 2 is 2.00 bits per heavy atom. The van der Waals surface area contributed by atoms with Gasteiger partial charge in [0.25, 0.3) is 0 Å². The summed E-state index contributed by atoms with van der Waals surface area (Å²) in [5.41, 5.74) is 0.00938. The number of carbonyl (C=O) groups is 1. The predicted molar refractivity (Wildman–Crippen MR) is 81.0 cm³/mol. The van der Waals surface area contributed by atoms with Crippen LogP contribution in [0.5, 0.6) is 0 Å². The van der Waals surface area contributed by atoms with E-state index in [1.807, 2.05) is 6.92 Å². The molecule has 1 rings (SSSR count). The highest BCUT2D eigenvalue weighted by molar-refractivity contribution is 9.10. The van der Waals surface area contributed by atoms with Crippen molar-refractivity contribution in [3.63, 3.8) is 0 Å². The zero-order valence-electron chi connectivity index (χ0n) is 12.1. The van der Waals surface area contributed by atoms with Crippen LogP contribution in [0.2, 0.25) is 0 Å². The van der Waals surface area contributed by atoms with Crippen molar-refractivity contribution < 1.29 is 18.7 Å². The highest BCUT2D eigenvalue weighted by Gasteiger charge is 2.14. The number of aliphatic carboxylic acids is 1. The van der Waals surface area contributed by atoms with Gasteiger partial charge < -0.3 is 10.4 Å². The quantitative estimate of drug-likeness (QED) is 0.683. The van der Waals surface area contributed by atoms with Gasteiger partial charge in [-0.15, -0.1) is 0 Å². The van der Waals surface area contributed by atoms with Gasteiger partial charge in [0.15, 0.2) is 0 Å². The van der Waals surface area contributed by atoms with Gasteiger partial charge in [0.05, 0.1) is 10.4 Å². The number of hydrogen-bond donors (Lipinski definition) is 2. The predicted octanol–water partition coefficient (Wildman–Crippen LogP) is 4.10. The molecule has 0 aliphatic carbocycles. The van der Waals surface area contributed by atoms with Gasteiger partial charge in [-0.2, -0.15) is 0 Å². The fourth-order valence-corrected chi connectivity index (χ4v) is 2.33. The molecule has 1 aromatic carbocycles. The van der Waals surface area contributed by atoms with Crippen LogP contribution in [0.25, 0.3) is 0 Å². The second kappa shape index (κ2) is 8.44. The average molecular weight is 364 g/mol. The van der Waals surface area contributed by atoms with Gasteiger partial charge in [0, 0.05) is 18.2 Å². The van der Waals surface area contributed by atoms with Crippen molar-refractivity contribution in [2.24, 2.45) is 5.92 Å². The van der Waals surface area contributed by atoms with Crippen molar-refractivity contribution in [3.05, 3.63) is 33.8 Å². The Kier molecular flexibility index (Phi) is 7.25. The number of rotatable bonds is 8. The first-order valence-corrected chi connectivity index (χ1v) is 7.70. The molecule has 0 saturated heterocycles. The van der Waals surface area contributed by atoms with Gasteiger partial charge in [-0.25, -0.2) is 8.78 Å². The second-order valence-corrected chi connectivity index (χ2v) is 6.13. The summed E-state index contributed by atoms with van der Waals surface area (Å²) >= 11 is 3.03. The first kappa shape index (κ1) is 18.0. The smallest absolute Gasteiger partial charge is 0.306 e. The first-order chi connectivity index (χ1) is 9.82. The number of halogens is 3. The Bertz CT molecular complexity index is 497. The lowest BCUT2D eigenvalue weighted by atomic mass is 10.0. The third kappa shape index (κ3) is 5.71. The summed E-state index contributed by atoms with van der Waals surface area (Å²) in [7, 11) is 0. The third-order valence-electron chi connectivity index (χ3n) is 3.46. The molecule has 118 valence electrons. The summed E-state index contributed by atoms with van der Waals surface area (Å²) in [5.74, 6) is -2.32. The maximum absolute atomic E-state index is 13.8. The topological polar surface area (TPSA) is 49.3 Å². The van der Waals surface area contributed by atoms with Crippen LogP contribution in [0.3, 0.4) is 0 Å². The summed E-state index contributed by atoms with van der Waals surface area (Å²) in [4.78, 5) is 10.7. The molecule has 0 radical (unpaired) electrons. The monoisotopic (exact) mass is 363 g/mol. The number of benzene rings is 1. The van der Waals surface area contributed by atoms with Gasteiger partial charge in [-0.3, -0.25) is 4.79 Å². The van der Waals surface area contributed by atoms with Crippen molar-refractivity contribution in [2.45, 2.75) is 45.7 Å². The Hall–Kier alpha value is -1.01. The Labute approximate surface area is 131 Å². The van der Waals surface area contributed by atoms with Crippen LogP contribution in [0, 0.1) is 17.6 Å². The molecule has 21 heavy (non-hydrogen) atoms. The summed E-state index contributed by atoms with van der Waals surface area (Å²) in [6.07, 6.45) is 2.11. The van der Waals surface area contributed by atoms with Crippen molar-refractivity contribution in [2.75, 3.05) is 0 Å². The zero-order chi connectivity index (χ0) is 16.0. The first-order valence-electron chi connectivity index (χ1n) is 6.91. The molecule has 3 nitrogen and oxygen atoms in total. The van der Waals surface area contributed by atoms with Gasteiger partial charge in [0.2, 0.25) is 0 Å². The van der Waals surface area contributed by atoms with E-state index in [1.54, 1.807) is 6.92 Å². The molecule has 0 heterocycles. The van der Waals surface area contributed by atoms with Crippen molar-refractivity contribution in [1.82, 2.24) is 5.32 Å². The molecule has 2 atom stereocenters. The van der Waals surface area contributed by atoms with Crippen molar-refractivity contribution >= 4 is 21.9 Å². The van der Waals surface area contributed by atoms with E-state index in [0.717, 1.165) is 12.8 Å². The van der Waals surface area contributed by atoms with E-state index in [2.05, 4.69) is 21.2 Å². The van der Waals surface area contributed by atoms with E-state index in [4.69, 9.17) is 5.11 Å². The molecular formula is C15H20BrF2NO2. The van der Waals surface area contributed by atoms with Crippen molar-refractivity contribution in [1.29, 1.82) is 0 Å². The lowest BCUT2D eigenvalue weighted by Crippen LogP contribution is -2.26. The molecule has 2 N–H and O–H groups in total. The van der Waals surface area contributed by atoms with Crippen LogP contribution in [0.15, 0.2) is 16.6 Å². The molecule has 0 fully saturated rings. The van der Waals surface area contributed by atoms with E-state index in [1.165, 1.54) is 12.1 Å². The molecule has 2 unspecified atom stereocenters. The van der Waals surface area contributed by atoms with E-state index < -0.39 is 17.6 Å². The molecule has 6 heteroatoms. The highest BCUT2D eigenvalue weighted by atomic mass is 79.9. The maximum Gasteiger partial charge on any atom is 0.306 e. The van der Waals surface area contributed by atoms with Gasteiger partial charge in [0.1, 0.15) is 11.6 Å².